The van der Waals surface area contributed by atoms with Gasteiger partial charge >= 0.3 is 0 Å². The molecule has 6 rings (SSSR count). The Kier molecular flexibility index (Phi) is 8.63. The van der Waals surface area contributed by atoms with Crippen molar-refractivity contribution < 1.29 is 24.1 Å². The average molecular weight is 608 g/mol. The van der Waals surface area contributed by atoms with Gasteiger partial charge in [-0.15, -0.1) is 0 Å². The van der Waals surface area contributed by atoms with Crippen molar-refractivity contribution in [3.63, 3.8) is 0 Å². The summed E-state index contributed by atoms with van der Waals surface area (Å²) in [6, 6.07) is 31.8. The van der Waals surface area contributed by atoms with Crippen LogP contribution in [0.1, 0.15) is 35.7 Å². The Morgan fingerprint density at radius 1 is 0.841 bits per heavy atom. The van der Waals surface area contributed by atoms with Crippen LogP contribution in [0.5, 0.6) is 17.2 Å². The molecule has 0 radical (unpaired) electrons. The van der Waals surface area contributed by atoms with E-state index in [9.17, 15) is 9.90 Å². The van der Waals surface area contributed by atoms with Crippen molar-refractivity contribution in [2.24, 2.45) is 5.92 Å². The molecule has 4 atom stereocenters. The molecule has 0 saturated carbocycles. The molecule has 0 unspecified atom stereocenters. The van der Waals surface area contributed by atoms with Crippen molar-refractivity contribution in [1.82, 2.24) is 0 Å². The summed E-state index contributed by atoms with van der Waals surface area (Å²) in [4.78, 5) is 15.5. The SMILES string of the molecule is COc1ccc([Si](C)(C)[C@H]2[C@H](C)[C@H](CCc3ccc(N4C(=O)c5ccccc5Oc5ccccc54)cc3)O[C@@H]2CCO)cc1. The predicted molar refractivity (Wildman–Crippen MR) is 178 cm³/mol. The monoisotopic (exact) mass is 607 g/mol. The first kappa shape index (κ1) is 30.1. The summed E-state index contributed by atoms with van der Waals surface area (Å²) >= 11 is 0. The predicted octanol–water partition coefficient (Wildman–Crippen LogP) is 7.48. The van der Waals surface area contributed by atoms with Gasteiger partial charge in [-0.25, -0.2) is 0 Å². The number of carbonyl (C=O) groups excluding carboxylic acids is 1. The van der Waals surface area contributed by atoms with Crippen LogP contribution < -0.4 is 19.6 Å². The summed E-state index contributed by atoms with van der Waals surface area (Å²) in [5.41, 5.74) is 3.65. The van der Waals surface area contributed by atoms with E-state index in [2.05, 4.69) is 56.4 Å². The topological polar surface area (TPSA) is 68.2 Å². The van der Waals surface area contributed by atoms with Gasteiger partial charge in [-0.05, 0) is 84.8 Å². The van der Waals surface area contributed by atoms with E-state index in [4.69, 9.17) is 14.2 Å². The van der Waals surface area contributed by atoms with E-state index < -0.39 is 8.07 Å². The number of hydrogen-bond acceptors (Lipinski definition) is 5. The third-order valence-electron chi connectivity index (χ3n) is 9.54. The highest BCUT2D eigenvalue weighted by Crippen LogP contribution is 2.47. The number of fused-ring (bicyclic) bond motifs is 2. The third-order valence-corrected chi connectivity index (χ3v) is 13.9. The molecule has 0 aliphatic carbocycles. The first-order valence-electron chi connectivity index (χ1n) is 15.5. The van der Waals surface area contributed by atoms with Gasteiger partial charge in [-0.3, -0.25) is 9.69 Å². The van der Waals surface area contributed by atoms with Crippen molar-refractivity contribution >= 4 is 30.5 Å². The quantitative estimate of drug-likeness (QED) is 0.200. The highest BCUT2D eigenvalue weighted by Gasteiger charge is 2.50. The Bertz CT molecular complexity index is 1600. The van der Waals surface area contributed by atoms with Crippen LogP contribution in [0.15, 0.2) is 97.1 Å². The largest absolute Gasteiger partial charge is 0.497 e. The number of benzene rings is 4. The number of para-hydroxylation sites is 3. The molecule has 2 aliphatic heterocycles. The molecule has 44 heavy (non-hydrogen) atoms. The smallest absolute Gasteiger partial charge is 0.266 e. The standard InChI is InChI=1S/C37H41NO5Si/c1-25-32(42-35(23-24-39)36(25)44(3,4)29-20-18-28(41-2)19-21-29)22-15-26-13-16-27(17-14-26)38-31-10-6-8-12-34(31)43-33-11-7-5-9-30(33)37(38)40/h5-14,16-21,25,32,35-36,39H,15,22-24H2,1-4H3/t25-,32+,35-,36+/m1/s1. The van der Waals surface area contributed by atoms with E-state index in [0.29, 0.717) is 34.9 Å². The Hall–Kier alpha value is -3.91. The van der Waals surface area contributed by atoms with E-state index in [-0.39, 0.29) is 24.7 Å². The van der Waals surface area contributed by atoms with Gasteiger partial charge in [-0.2, -0.15) is 0 Å². The van der Waals surface area contributed by atoms with Crippen molar-refractivity contribution in [2.45, 2.75) is 57.0 Å². The number of aliphatic hydroxyl groups excluding tert-OH is 1. The van der Waals surface area contributed by atoms with Gasteiger partial charge in [0.2, 0.25) is 0 Å². The van der Waals surface area contributed by atoms with Crippen molar-refractivity contribution in [1.29, 1.82) is 0 Å². The Labute approximate surface area is 261 Å². The Morgan fingerprint density at radius 2 is 1.52 bits per heavy atom. The summed E-state index contributed by atoms with van der Waals surface area (Å²) in [6.45, 7) is 7.31. The molecule has 6 nitrogen and oxygen atoms in total. The molecule has 1 saturated heterocycles. The normalized spacial score (nSPS) is 21.3. The zero-order chi connectivity index (χ0) is 30.8. The maximum atomic E-state index is 13.8. The number of aliphatic hydroxyl groups is 1. The van der Waals surface area contributed by atoms with Crippen molar-refractivity contribution in [3.8, 4) is 17.2 Å². The molecule has 0 aromatic heterocycles. The zero-order valence-electron chi connectivity index (χ0n) is 25.9. The van der Waals surface area contributed by atoms with Gasteiger partial charge < -0.3 is 19.3 Å². The second-order valence-corrected chi connectivity index (χ2v) is 17.2. The minimum Gasteiger partial charge on any atom is -0.497 e. The van der Waals surface area contributed by atoms with Crippen LogP contribution in [-0.2, 0) is 11.2 Å². The van der Waals surface area contributed by atoms with Crippen LogP contribution in [0, 0.1) is 5.92 Å². The fourth-order valence-electron chi connectivity index (χ4n) is 7.23. The molecule has 228 valence electrons. The Morgan fingerprint density at radius 3 is 2.23 bits per heavy atom. The highest BCUT2D eigenvalue weighted by molar-refractivity contribution is 6.91. The van der Waals surface area contributed by atoms with E-state index in [0.717, 1.165) is 30.0 Å². The summed E-state index contributed by atoms with van der Waals surface area (Å²) in [5, 5.41) is 11.3. The number of rotatable bonds is 9. The summed E-state index contributed by atoms with van der Waals surface area (Å²) in [6.07, 6.45) is 2.60. The average Bonchev–Trinajstić information content (AvgIpc) is 3.30. The fourth-order valence-corrected chi connectivity index (χ4v) is 11.3. The minimum atomic E-state index is -1.93. The molecule has 1 amide bonds. The molecule has 4 aromatic carbocycles. The third kappa shape index (κ3) is 5.67. The van der Waals surface area contributed by atoms with E-state index in [1.54, 1.807) is 12.0 Å². The lowest BCUT2D eigenvalue weighted by molar-refractivity contribution is 0.0196. The van der Waals surface area contributed by atoms with E-state index >= 15 is 0 Å². The first-order chi connectivity index (χ1) is 21.3. The number of methoxy groups -OCH3 is 1. The molecular formula is C37H41NO5Si. The molecule has 1 N–H and O–H groups in total. The maximum absolute atomic E-state index is 13.8. The van der Waals surface area contributed by atoms with E-state index in [1.165, 1.54) is 10.8 Å². The van der Waals surface area contributed by atoms with Crippen LogP contribution in [0.25, 0.3) is 0 Å². The van der Waals surface area contributed by atoms with Crippen LogP contribution in [0.4, 0.5) is 11.4 Å². The first-order valence-corrected chi connectivity index (χ1v) is 18.6. The lowest BCUT2D eigenvalue weighted by Gasteiger charge is -2.36. The maximum Gasteiger partial charge on any atom is 0.266 e. The minimum absolute atomic E-state index is 0.0466. The van der Waals surface area contributed by atoms with Gasteiger partial charge in [0.1, 0.15) is 11.5 Å². The molecular weight excluding hydrogens is 566 g/mol. The van der Waals surface area contributed by atoms with Crippen LogP contribution in [0.3, 0.4) is 0 Å². The van der Waals surface area contributed by atoms with Crippen molar-refractivity contribution in [3.05, 3.63) is 108 Å². The van der Waals surface area contributed by atoms with Crippen molar-refractivity contribution in [2.75, 3.05) is 18.6 Å². The summed E-state index contributed by atoms with van der Waals surface area (Å²) in [7, 11) is -0.231. The van der Waals surface area contributed by atoms with Gasteiger partial charge in [0.05, 0.1) is 38.6 Å². The van der Waals surface area contributed by atoms with Gasteiger partial charge in [0.15, 0.2) is 5.75 Å². The molecule has 1 fully saturated rings. The molecule has 2 aliphatic rings. The van der Waals surface area contributed by atoms with Crippen LogP contribution in [0.2, 0.25) is 18.6 Å². The number of aryl methyl sites for hydroxylation is 1. The number of hydrogen-bond donors (Lipinski definition) is 1. The van der Waals surface area contributed by atoms with E-state index in [1.807, 2.05) is 60.7 Å². The summed E-state index contributed by atoms with van der Waals surface area (Å²) < 4.78 is 18.3. The number of anilines is 2. The number of amides is 1. The van der Waals surface area contributed by atoms with Crippen LogP contribution in [-0.4, -0.2) is 45.0 Å². The lowest BCUT2D eigenvalue weighted by atomic mass is 9.95. The van der Waals surface area contributed by atoms with Gasteiger partial charge in [0.25, 0.3) is 5.91 Å². The Balaban J connectivity index is 1.19. The second-order valence-electron chi connectivity index (χ2n) is 12.5. The number of carbonyl (C=O) groups is 1. The van der Waals surface area contributed by atoms with Crippen LogP contribution >= 0.6 is 0 Å². The lowest BCUT2D eigenvalue weighted by Crippen LogP contribution is -2.50. The highest BCUT2D eigenvalue weighted by atomic mass is 28.3. The summed E-state index contributed by atoms with van der Waals surface area (Å²) in [5.74, 6) is 2.34. The fraction of sp³-hybridized carbons (Fsp3) is 0.324. The number of ether oxygens (including phenoxy) is 3. The molecule has 0 spiro atoms. The molecule has 7 heteroatoms. The van der Waals surface area contributed by atoms with Gasteiger partial charge in [-0.1, -0.05) is 73.7 Å². The molecule has 0 bridgehead atoms. The molecule has 4 aromatic rings. The zero-order valence-corrected chi connectivity index (χ0v) is 26.9. The molecule has 2 heterocycles. The van der Waals surface area contributed by atoms with Gasteiger partial charge in [0, 0.05) is 12.3 Å². The number of nitrogens with zero attached hydrogens (tertiary/aromatic N) is 1. The second kappa shape index (κ2) is 12.6.